The third-order valence-corrected chi connectivity index (χ3v) is 5.75. The van der Waals surface area contributed by atoms with Gasteiger partial charge in [-0.1, -0.05) is 30.4 Å². The lowest BCUT2D eigenvalue weighted by molar-refractivity contribution is -0.152. The second kappa shape index (κ2) is 7.14. The van der Waals surface area contributed by atoms with Crippen LogP contribution in [0.1, 0.15) is 18.5 Å². The number of amides is 1. The van der Waals surface area contributed by atoms with Crippen molar-refractivity contribution in [2.75, 3.05) is 11.9 Å². The molecule has 1 heterocycles. The van der Waals surface area contributed by atoms with Crippen molar-refractivity contribution < 1.29 is 14.3 Å². The molecule has 2 aromatic rings. The zero-order valence-corrected chi connectivity index (χ0v) is 15.9. The van der Waals surface area contributed by atoms with Gasteiger partial charge in [0.25, 0.3) is 11.5 Å². The molecule has 0 radical (unpaired) electrons. The number of rotatable bonds is 5. The van der Waals surface area contributed by atoms with Gasteiger partial charge in [-0.05, 0) is 43.7 Å². The fourth-order valence-corrected chi connectivity index (χ4v) is 4.18. The number of ether oxygens (including phenoxy) is 1. The number of benzene rings is 1. The first kappa shape index (κ1) is 18.3. The lowest BCUT2D eigenvalue weighted by Crippen LogP contribution is -2.28. The predicted octanol–water partition coefficient (Wildman–Crippen LogP) is 2.18. The largest absolute Gasteiger partial charge is 0.455 e. The van der Waals surface area contributed by atoms with Crippen molar-refractivity contribution in [2.24, 2.45) is 24.8 Å². The van der Waals surface area contributed by atoms with Gasteiger partial charge in [-0.3, -0.25) is 19.1 Å². The molecule has 2 aliphatic carbocycles. The van der Waals surface area contributed by atoms with Gasteiger partial charge in [0.15, 0.2) is 6.61 Å². The fraction of sp³-hybridized carbons (Fsp3) is 0.381. The number of carbonyl (C=O) groups is 2. The highest BCUT2D eigenvalue weighted by molar-refractivity contribution is 5.93. The summed E-state index contributed by atoms with van der Waals surface area (Å²) in [5.41, 5.74) is 1.18. The van der Waals surface area contributed by atoms with Crippen molar-refractivity contribution in [3.05, 3.63) is 58.5 Å². The third-order valence-electron chi connectivity index (χ3n) is 5.75. The molecule has 1 fully saturated rings. The number of esters is 1. The number of aromatic nitrogens is 2. The number of fused-ring (bicyclic) bond motifs is 2. The predicted molar refractivity (Wildman–Crippen MR) is 104 cm³/mol. The molecule has 0 spiro atoms. The van der Waals surface area contributed by atoms with Gasteiger partial charge in [-0.15, -0.1) is 0 Å². The standard InChI is InChI=1S/C21H23N3O4/c1-13-19(20(26)24(23(13)2)16-6-4-3-5-7-16)22-18(25)12-28-21(27)17-11-14-8-9-15(17)10-14/h3-9,14-15,17H,10-12H2,1-2H3,(H,22,25)/t14-,15-,17-/m1/s1. The van der Waals surface area contributed by atoms with E-state index in [1.807, 2.05) is 30.3 Å². The van der Waals surface area contributed by atoms with Crippen molar-refractivity contribution in [1.29, 1.82) is 0 Å². The average Bonchev–Trinajstić information content (AvgIpc) is 3.38. The van der Waals surface area contributed by atoms with Crippen molar-refractivity contribution in [3.63, 3.8) is 0 Å². The molecule has 1 saturated carbocycles. The summed E-state index contributed by atoms with van der Waals surface area (Å²) in [5.74, 6) is -0.317. The molecule has 0 saturated heterocycles. The van der Waals surface area contributed by atoms with Gasteiger partial charge in [0.05, 0.1) is 17.3 Å². The van der Waals surface area contributed by atoms with Crippen LogP contribution in [-0.2, 0) is 21.4 Å². The first-order valence-electron chi connectivity index (χ1n) is 9.44. The number of carbonyl (C=O) groups excluding carboxylic acids is 2. The zero-order valence-electron chi connectivity index (χ0n) is 15.9. The van der Waals surface area contributed by atoms with E-state index in [0.29, 0.717) is 17.3 Å². The first-order chi connectivity index (χ1) is 13.5. The molecule has 7 heteroatoms. The van der Waals surface area contributed by atoms with Crippen molar-refractivity contribution in [2.45, 2.75) is 19.8 Å². The Morgan fingerprint density at radius 2 is 1.93 bits per heavy atom. The number of nitrogens with one attached hydrogen (secondary N) is 1. The van der Waals surface area contributed by atoms with Gasteiger partial charge < -0.3 is 10.1 Å². The van der Waals surface area contributed by atoms with Crippen LogP contribution in [0.15, 0.2) is 47.3 Å². The smallest absolute Gasteiger partial charge is 0.310 e. The van der Waals surface area contributed by atoms with E-state index in [1.54, 1.807) is 18.7 Å². The molecule has 1 aromatic carbocycles. The Kier molecular flexibility index (Phi) is 4.66. The van der Waals surface area contributed by atoms with Crippen LogP contribution in [0.25, 0.3) is 5.69 Å². The highest BCUT2D eigenvalue weighted by Crippen LogP contribution is 2.43. The minimum absolute atomic E-state index is 0.156. The van der Waals surface area contributed by atoms with Gasteiger partial charge >= 0.3 is 5.97 Å². The second-order valence-electron chi connectivity index (χ2n) is 7.48. The summed E-state index contributed by atoms with van der Waals surface area (Å²) in [6.45, 7) is 1.36. The Hall–Kier alpha value is -3.09. The lowest BCUT2D eigenvalue weighted by Gasteiger charge is -2.16. The summed E-state index contributed by atoms with van der Waals surface area (Å²) < 4.78 is 8.38. The molecular formula is C21H23N3O4. The average molecular weight is 381 g/mol. The van der Waals surface area contributed by atoms with Crippen LogP contribution in [0, 0.1) is 24.7 Å². The molecule has 4 rings (SSSR count). The van der Waals surface area contributed by atoms with Gasteiger partial charge in [-0.25, -0.2) is 4.68 Å². The monoisotopic (exact) mass is 381 g/mol. The number of hydrogen-bond acceptors (Lipinski definition) is 4. The van der Waals surface area contributed by atoms with Crippen molar-refractivity contribution in [1.82, 2.24) is 9.36 Å². The topological polar surface area (TPSA) is 82.3 Å². The lowest BCUT2D eigenvalue weighted by atomic mass is 9.94. The van der Waals surface area contributed by atoms with Crippen LogP contribution in [0.5, 0.6) is 0 Å². The third kappa shape index (κ3) is 3.17. The Bertz CT molecular complexity index is 1000. The Morgan fingerprint density at radius 3 is 2.57 bits per heavy atom. The zero-order chi connectivity index (χ0) is 19.8. The molecular weight excluding hydrogens is 358 g/mol. The Balaban J connectivity index is 1.43. The van der Waals surface area contributed by atoms with E-state index in [1.165, 1.54) is 4.68 Å². The van der Waals surface area contributed by atoms with Crippen LogP contribution in [0.2, 0.25) is 0 Å². The number of nitrogens with zero attached hydrogens (tertiary/aromatic N) is 2. The van der Waals surface area contributed by atoms with E-state index in [-0.39, 0.29) is 29.1 Å². The quantitative estimate of drug-likeness (QED) is 0.636. The summed E-state index contributed by atoms with van der Waals surface area (Å²) in [5, 5.41) is 2.61. The number of anilines is 1. The van der Waals surface area contributed by atoms with Gasteiger partial charge in [0.1, 0.15) is 5.69 Å². The minimum Gasteiger partial charge on any atom is -0.455 e. The molecule has 0 aliphatic heterocycles. The SMILES string of the molecule is Cc1c(NC(=O)COC(=O)[C@@H]2C[C@@H]3C=C[C@@H]2C3)c(=O)n(-c2ccccc2)n1C. The van der Waals surface area contributed by atoms with Gasteiger partial charge in [0, 0.05) is 7.05 Å². The Labute approximate surface area is 162 Å². The molecule has 7 nitrogen and oxygen atoms in total. The minimum atomic E-state index is -0.516. The van der Waals surface area contributed by atoms with E-state index < -0.39 is 12.5 Å². The fourth-order valence-electron chi connectivity index (χ4n) is 4.18. The maximum atomic E-state index is 12.8. The number of allylic oxidation sites excluding steroid dienone is 2. The maximum absolute atomic E-state index is 12.8. The number of para-hydroxylation sites is 1. The molecule has 146 valence electrons. The summed E-state index contributed by atoms with van der Waals surface area (Å²) in [6, 6.07) is 9.18. The van der Waals surface area contributed by atoms with Gasteiger partial charge in [-0.2, -0.15) is 0 Å². The summed E-state index contributed by atoms with van der Waals surface area (Å²) in [4.78, 5) is 37.3. The van der Waals surface area contributed by atoms with Crippen LogP contribution < -0.4 is 10.9 Å². The molecule has 1 amide bonds. The second-order valence-corrected chi connectivity index (χ2v) is 7.48. The van der Waals surface area contributed by atoms with E-state index in [9.17, 15) is 14.4 Å². The van der Waals surface area contributed by atoms with Crippen LogP contribution in [-0.4, -0.2) is 27.8 Å². The molecule has 1 N–H and O–H groups in total. The van der Waals surface area contributed by atoms with E-state index in [2.05, 4.69) is 17.5 Å². The molecule has 3 atom stereocenters. The highest BCUT2D eigenvalue weighted by atomic mass is 16.5. The van der Waals surface area contributed by atoms with Crippen molar-refractivity contribution >= 4 is 17.6 Å². The molecule has 2 bridgehead atoms. The van der Waals surface area contributed by atoms with E-state index >= 15 is 0 Å². The van der Waals surface area contributed by atoms with E-state index in [4.69, 9.17) is 4.74 Å². The molecule has 1 aromatic heterocycles. The highest BCUT2D eigenvalue weighted by Gasteiger charge is 2.40. The van der Waals surface area contributed by atoms with Crippen LogP contribution in [0.4, 0.5) is 5.69 Å². The summed E-state index contributed by atoms with van der Waals surface area (Å²) >= 11 is 0. The van der Waals surface area contributed by atoms with E-state index in [0.717, 1.165) is 12.8 Å². The molecule has 0 unspecified atom stereocenters. The maximum Gasteiger partial charge on any atom is 0.310 e. The molecule has 28 heavy (non-hydrogen) atoms. The van der Waals surface area contributed by atoms with Gasteiger partial charge in [0.2, 0.25) is 0 Å². The number of hydrogen-bond donors (Lipinski definition) is 1. The summed E-state index contributed by atoms with van der Waals surface area (Å²) in [7, 11) is 1.75. The van der Waals surface area contributed by atoms with Crippen LogP contribution >= 0.6 is 0 Å². The molecule has 2 aliphatic rings. The van der Waals surface area contributed by atoms with Crippen molar-refractivity contribution in [3.8, 4) is 5.69 Å². The van der Waals surface area contributed by atoms with Crippen LogP contribution in [0.3, 0.4) is 0 Å². The Morgan fingerprint density at radius 1 is 1.18 bits per heavy atom. The normalized spacial score (nSPS) is 22.4. The first-order valence-corrected chi connectivity index (χ1v) is 9.44. The summed E-state index contributed by atoms with van der Waals surface area (Å²) in [6.07, 6.45) is 6.01.